The van der Waals surface area contributed by atoms with Gasteiger partial charge < -0.3 is 9.84 Å². The van der Waals surface area contributed by atoms with Crippen molar-refractivity contribution in [1.29, 1.82) is 0 Å². The Hall–Kier alpha value is -1.80. The van der Waals surface area contributed by atoms with Crippen LogP contribution in [0.15, 0.2) is 48.5 Å². The number of aliphatic hydroxyl groups excluding tert-OH is 1. The smallest absolute Gasteiger partial charge is 0.186 e. The van der Waals surface area contributed by atoms with Gasteiger partial charge >= 0.3 is 0 Å². The maximum absolute atomic E-state index is 8.71. The van der Waals surface area contributed by atoms with Crippen LogP contribution in [0.3, 0.4) is 0 Å². The van der Waals surface area contributed by atoms with Crippen molar-refractivity contribution in [3.8, 4) is 16.9 Å². The first kappa shape index (κ1) is 10.7. The summed E-state index contributed by atoms with van der Waals surface area (Å²) in [4.78, 5) is 0. The predicted molar refractivity (Wildman–Crippen MR) is 64.3 cm³/mol. The maximum Gasteiger partial charge on any atom is 0.186 e. The van der Waals surface area contributed by atoms with Crippen molar-refractivity contribution >= 4 is 0 Å². The molecule has 0 aliphatic carbocycles. The van der Waals surface area contributed by atoms with E-state index in [0.717, 1.165) is 5.56 Å². The minimum absolute atomic E-state index is 0.294. The van der Waals surface area contributed by atoms with Crippen molar-refractivity contribution in [1.82, 2.24) is 0 Å². The second-order valence-electron chi connectivity index (χ2n) is 3.62. The van der Waals surface area contributed by atoms with Crippen LogP contribution in [0.25, 0.3) is 11.1 Å². The van der Waals surface area contributed by atoms with E-state index in [1.165, 1.54) is 11.1 Å². The van der Waals surface area contributed by atoms with E-state index in [-0.39, 0.29) is 6.79 Å². The molecular weight excluding hydrogens is 200 g/mol. The van der Waals surface area contributed by atoms with Gasteiger partial charge in [0.2, 0.25) is 0 Å². The minimum Gasteiger partial charge on any atom is -0.468 e. The van der Waals surface area contributed by atoms with E-state index in [4.69, 9.17) is 9.84 Å². The SMILES string of the molecule is Cc1ccccc1-c1cccc(OCO)c1. The van der Waals surface area contributed by atoms with E-state index in [2.05, 4.69) is 19.1 Å². The highest BCUT2D eigenvalue weighted by Crippen LogP contribution is 2.26. The molecule has 0 aliphatic rings. The Bertz CT molecular complexity index is 478. The van der Waals surface area contributed by atoms with Gasteiger partial charge in [-0.2, -0.15) is 0 Å². The van der Waals surface area contributed by atoms with Gasteiger partial charge in [0, 0.05) is 0 Å². The summed E-state index contributed by atoms with van der Waals surface area (Å²) in [6.45, 7) is 1.78. The number of ether oxygens (including phenoxy) is 1. The molecule has 2 nitrogen and oxygen atoms in total. The average Bonchev–Trinajstić information content (AvgIpc) is 2.30. The van der Waals surface area contributed by atoms with Crippen molar-refractivity contribution < 1.29 is 9.84 Å². The average molecular weight is 214 g/mol. The Labute approximate surface area is 95.1 Å². The molecule has 2 heteroatoms. The first-order chi connectivity index (χ1) is 7.81. The zero-order chi connectivity index (χ0) is 11.4. The number of hydrogen-bond donors (Lipinski definition) is 1. The molecule has 2 rings (SSSR count). The highest BCUT2D eigenvalue weighted by molar-refractivity contribution is 5.68. The largest absolute Gasteiger partial charge is 0.468 e. The maximum atomic E-state index is 8.71. The summed E-state index contributed by atoms with van der Waals surface area (Å²) in [5.41, 5.74) is 3.51. The summed E-state index contributed by atoms with van der Waals surface area (Å²) < 4.78 is 5.06. The number of aliphatic hydroxyl groups is 1. The van der Waals surface area contributed by atoms with Gasteiger partial charge in [0.1, 0.15) is 5.75 Å². The Balaban J connectivity index is 2.40. The molecule has 16 heavy (non-hydrogen) atoms. The van der Waals surface area contributed by atoms with E-state index in [0.29, 0.717) is 5.75 Å². The molecule has 1 N–H and O–H groups in total. The van der Waals surface area contributed by atoms with Crippen LogP contribution < -0.4 is 4.74 Å². The van der Waals surface area contributed by atoms with E-state index in [1.807, 2.05) is 36.4 Å². The number of benzene rings is 2. The molecule has 2 aromatic rings. The van der Waals surface area contributed by atoms with Gasteiger partial charge in [-0.3, -0.25) is 0 Å². The number of aryl methyl sites for hydroxylation is 1. The molecule has 0 saturated heterocycles. The van der Waals surface area contributed by atoms with Gasteiger partial charge in [0.15, 0.2) is 6.79 Å². The van der Waals surface area contributed by atoms with Crippen molar-refractivity contribution in [3.63, 3.8) is 0 Å². The standard InChI is InChI=1S/C14H14O2/c1-11-5-2-3-8-14(11)12-6-4-7-13(9-12)16-10-15/h2-9,15H,10H2,1H3. The van der Waals surface area contributed by atoms with Gasteiger partial charge in [-0.05, 0) is 35.7 Å². The van der Waals surface area contributed by atoms with E-state index < -0.39 is 0 Å². The van der Waals surface area contributed by atoms with Crippen LogP contribution in [-0.2, 0) is 0 Å². The normalized spacial score (nSPS) is 10.1. The number of hydrogen-bond acceptors (Lipinski definition) is 2. The van der Waals surface area contributed by atoms with Crippen LogP contribution >= 0.6 is 0 Å². The molecule has 0 aromatic heterocycles. The lowest BCUT2D eigenvalue weighted by molar-refractivity contribution is 0.0986. The second kappa shape index (κ2) is 4.81. The van der Waals surface area contributed by atoms with Crippen LogP contribution in [0.2, 0.25) is 0 Å². The van der Waals surface area contributed by atoms with Crippen molar-refractivity contribution in [2.24, 2.45) is 0 Å². The summed E-state index contributed by atoms with van der Waals surface area (Å²) in [6, 6.07) is 15.9. The molecule has 0 aliphatic heterocycles. The molecule has 0 heterocycles. The monoisotopic (exact) mass is 214 g/mol. The van der Waals surface area contributed by atoms with Gasteiger partial charge in [-0.25, -0.2) is 0 Å². The Morgan fingerprint density at radius 2 is 1.88 bits per heavy atom. The summed E-state index contributed by atoms with van der Waals surface area (Å²) in [5.74, 6) is 0.684. The first-order valence-electron chi connectivity index (χ1n) is 5.21. The highest BCUT2D eigenvalue weighted by Gasteiger charge is 2.02. The Morgan fingerprint density at radius 3 is 2.62 bits per heavy atom. The molecule has 0 radical (unpaired) electrons. The quantitative estimate of drug-likeness (QED) is 0.796. The fraction of sp³-hybridized carbons (Fsp3) is 0.143. The van der Waals surface area contributed by atoms with Crippen molar-refractivity contribution in [2.75, 3.05) is 6.79 Å². The lowest BCUT2D eigenvalue weighted by atomic mass is 10.0. The van der Waals surface area contributed by atoms with Crippen LogP contribution in [0.1, 0.15) is 5.56 Å². The minimum atomic E-state index is -0.294. The zero-order valence-electron chi connectivity index (χ0n) is 9.18. The molecule has 0 unspecified atom stereocenters. The summed E-state index contributed by atoms with van der Waals surface area (Å²) in [6.07, 6.45) is 0. The van der Waals surface area contributed by atoms with Crippen LogP contribution in [0, 0.1) is 6.92 Å². The fourth-order valence-corrected chi connectivity index (χ4v) is 1.72. The summed E-state index contributed by atoms with van der Waals surface area (Å²) >= 11 is 0. The Kier molecular flexibility index (Phi) is 3.22. The summed E-state index contributed by atoms with van der Waals surface area (Å²) in [7, 11) is 0. The van der Waals surface area contributed by atoms with Crippen LogP contribution in [-0.4, -0.2) is 11.9 Å². The molecule has 0 spiro atoms. The molecule has 82 valence electrons. The molecule has 0 atom stereocenters. The van der Waals surface area contributed by atoms with Crippen LogP contribution in [0.4, 0.5) is 0 Å². The van der Waals surface area contributed by atoms with E-state index in [9.17, 15) is 0 Å². The third-order valence-electron chi connectivity index (χ3n) is 2.52. The van der Waals surface area contributed by atoms with E-state index in [1.54, 1.807) is 0 Å². The van der Waals surface area contributed by atoms with Crippen molar-refractivity contribution in [2.45, 2.75) is 6.92 Å². The topological polar surface area (TPSA) is 29.5 Å². The fourth-order valence-electron chi connectivity index (χ4n) is 1.72. The summed E-state index contributed by atoms with van der Waals surface area (Å²) in [5, 5.41) is 8.71. The number of rotatable bonds is 3. The van der Waals surface area contributed by atoms with Gasteiger partial charge in [0.05, 0.1) is 0 Å². The third kappa shape index (κ3) is 2.23. The molecular formula is C14H14O2. The molecule has 2 aromatic carbocycles. The molecule has 0 bridgehead atoms. The van der Waals surface area contributed by atoms with Gasteiger partial charge in [0.25, 0.3) is 0 Å². The van der Waals surface area contributed by atoms with E-state index >= 15 is 0 Å². The highest BCUT2D eigenvalue weighted by atomic mass is 16.6. The zero-order valence-corrected chi connectivity index (χ0v) is 9.18. The third-order valence-corrected chi connectivity index (χ3v) is 2.52. The van der Waals surface area contributed by atoms with Gasteiger partial charge in [-0.1, -0.05) is 36.4 Å². The first-order valence-corrected chi connectivity index (χ1v) is 5.21. The Morgan fingerprint density at radius 1 is 1.06 bits per heavy atom. The lowest BCUT2D eigenvalue weighted by Gasteiger charge is -2.08. The lowest BCUT2D eigenvalue weighted by Crippen LogP contribution is -1.94. The molecule has 0 amide bonds. The predicted octanol–water partition coefficient (Wildman–Crippen LogP) is 2.99. The molecule has 0 saturated carbocycles. The van der Waals surface area contributed by atoms with Crippen molar-refractivity contribution in [3.05, 3.63) is 54.1 Å². The molecule has 0 fully saturated rings. The van der Waals surface area contributed by atoms with Gasteiger partial charge in [-0.15, -0.1) is 0 Å². The second-order valence-corrected chi connectivity index (χ2v) is 3.62. The van der Waals surface area contributed by atoms with Crippen LogP contribution in [0.5, 0.6) is 5.75 Å².